The lowest BCUT2D eigenvalue weighted by atomic mass is 10.2. The van der Waals surface area contributed by atoms with Crippen LogP contribution in [0.3, 0.4) is 0 Å². The summed E-state index contributed by atoms with van der Waals surface area (Å²) in [5, 5.41) is 10.2. The molecule has 0 aromatic rings. The standard InChI is InChI=1S/C9H17NO4S/c11-6-3-5-10-9(12)8-4-1-2-7-15(8,13)14/h8,11H,1-7H2,(H,10,12). The Morgan fingerprint density at radius 3 is 2.73 bits per heavy atom. The first-order valence-electron chi connectivity index (χ1n) is 5.18. The molecule has 88 valence electrons. The van der Waals surface area contributed by atoms with E-state index >= 15 is 0 Å². The van der Waals surface area contributed by atoms with Gasteiger partial charge in [-0.15, -0.1) is 0 Å². The van der Waals surface area contributed by atoms with E-state index in [9.17, 15) is 13.2 Å². The molecule has 0 aliphatic carbocycles. The van der Waals surface area contributed by atoms with E-state index in [2.05, 4.69) is 5.32 Å². The third-order valence-electron chi connectivity index (χ3n) is 2.51. The summed E-state index contributed by atoms with van der Waals surface area (Å²) in [5.74, 6) is -0.298. The van der Waals surface area contributed by atoms with Gasteiger partial charge >= 0.3 is 0 Å². The molecule has 0 saturated carbocycles. The summed E-state index contributed by atoms with van der Waals surface area (Å²) in [6, 6.07) is 0. The second-order valence-corrected chi connectivity index (χ2v) is 6.02. The van der Waals surface area contributed by atoms with E-state index < -0.39 is 21.0 Å². The lowest BCUT2D eigenvalue weighted by Crippen LogP contribution is -2.43. The lowest BCUT2D eigenvalue weighted by molar-refractivity contribution is -0.120. The topological polar surface area (TPSA) is 83.5 Å². The fraction of sp³-hybridized carbons (Fsp3) is 0.889. The maximum absolute atomic E-state index is 11.5. The van der Waals surface area contributed by atoms with Crippen LogP contribution in [-0.4, -0.2) is 43.6 Å². The number of carbonyl (C=O) groups excluding carboxylic acids is 1. The molecule has 1 rings (SSSR count). The molecule has 0 spiro atoms. The Morgan fingerprint density at radius 1 is 1.40 bits per heavy atom. The van der Waals surface area contributed by atoms with Crippen molar-refractivity contribution in [3.05, 3.63) is 0 Å². The Balaban J connectivity index is 2.50. The van der Waals surface area contributed by atoms with Crippen LogP contribution in [-0.2, 0) is 14.6 Å². The molecule has 1 unspecified atom stereocenters. The van der Waals surface area contributed by atoms with Gasteiger partial charge in [0.25, 0.3) is 0 Å². The van der Waals surface area contributed by atoms with Gasteiger partial charge in [0.05, 0.1) is 5.75 Å². The maximum Gasteiger partial charge on any atom is 0.238 e. The molecule has 15 heavy (non-hydrogen) atoms. The minimum absolute atomic E-state index is 0.00229. The molecule has 0 radical (unpaired) electrons. The number of hydrogen-bond donors (Lipinski definition) is 2. The number of sulfone groups is 1. The zero-order valence-electron chi connectivity index (χ0n) is 8.61. The van der Waals surface area contributed by atoms with E-state index in [1.165, 1.54) is 0 Å². The third-order valence-corrected chi connectivity index (χ3v) is 4.68. The third kappa shape index (κ3) is 3.46. The van der Waals surface area contributed by atoms with E-state index in [0.717, 1.165) is 6.42 Å². The maximum atomic E-state index is 11.5. The first-order valence-corrected chi connectivity index (χ1v) is 6.89. The molecule has 1 saturated heterocycles. The highest BCUT2D eigenvalue weighted by Crippen LogP contribution is 2.19. The van der Waals surface area contributed by atoms with E-state index in [0.29, 0.717) is 25.8 Å². The van der Waals surface area contributed by atoms with Crippen molar-refractivity contribution in [3.63, 3.8) is 0 Å². The molecule has 0 aromatic carbocycles. The van der Waals surface area contributed by atoms with Crippen LogP contribution < -0.4 is 5.32 Å². The van der Waals surface area contributed by atoms with E-state index in [-0.39, 0.29) is 12.4 Å². The molecule has 0 aromatic heterocycles. The average molecular weight is 235 g/mol. The number of aliphatic hydroxyl groups excluding tert-OH is 1. The van der Waals surface area contributed by atoms with Gasteiger partial charge in [0.2, 0.25) is 5.91 Å². The van der Waals surface area contributed by atoms with Crippen LogP contribution in [0, 0.1) is 0 Å². The highest BCUT2D eigenvalue weighted by atomic mass is 32.2. The van der Waals surface area contributed by atoms with Crippen LogP contribution in [0.2, 0.25) is 0 Å². The summed E-state index contributed by atoms with van der Waals surface area (Å²) in [4.78, 5) is 11.5. The summed E-state index contributed by atoms with van der Waals surface area (Å²) in [7, 11) is -3.23. The molecule has 1 aliphatic heterocycles. The van der Waals surface area contributed by atoms with Gasteiger partial charge in [0.15, 0.2) is 9.84 Å². The van der Waals surface area contributed by atoms with Gasteiger partial charge in [-0.05, 0) is 19.3 Å². The van der Waals surface area contributed by atoms with Gasteiger partial charge in [-0.25, -0.2) is 8.42 Å². The number of hydrogen-bond acceptors (Lipinski definition) is 4. The minimum Gasteiger partial charge on any atom is -0.396 e. The van der Waals surface area contributed by atoms with Gasteiger partial charge in [0.1, 0.15) is 5.25 Å². The molecule has 1 aliphatic rings. The minimum atomic E-state index is -3.23. The summed E-state index contributed by atoms with van der Waals surface area (Å²) in [6.07, 6.45) is 2.33. The molecule has 0 bridgehead atoms. The van der Waals surface area contributed by atoms with Gasteiger partial charge in [-0.1, -0.05) is 6.42 Å². The number of rotatable bonds is 4. The van der Waals surface area contributed by atoms with Crippen molar-refractivity contribution in [2.45, 2.75) is 30.9 Å². The van der Waals surface area contributed by atoms with Crippen molar-refractivity contribution in [2.75, 3.05) is 18.9 Å². The van der Waals surface area contributed by atoms with Gasteiger partial charge in [-0.2, -0.15) is 0 Å². The first kappa shape index (κ1) is 12.4. The quantitative estimate of drug-likeness (QED) is 0.641. The largest absolute Gasteiger partial charge is 0.396 e. The van der Waals surface area contributed by atoms with E-state index in [4.69, 9.17) is 5.11 Å². The number of aliphatic hydroxyl groups is 1. The van der Waals surface area contributed by atoms with Crippen molar-refractivity contribution in [1.29, 1.82) is 0 Å². The summed E-state index contributed by atoms with van der Waals surface area (Å²) < 4.78 is 23.1. The molecule has 2 N–H and O–H groups in total. The van der Waals surface area contributed by atoms with Crippen LogP contribution in [0.1, 0.15) is 25.7 Å². The summed E-state index contributed by atoms with van der Waals surface area (Å²) >= 11 is 0. The Hall–Kier alpha value is -0.620. The highest BCUT2D eigenvalue weighted by Gasteiger charge is 2.34. The molecule has 1 atom stereocenters. The second kappa shape index (κ2) is 5.46. The molecular weight excluding hydrogens is 218 g/mol. The van der Waals surface area contributed by atoms with Crippen LogP contribution in [0.4, 0.5) is 0 Å². The monoisotopic (exact) mass is 235 g/mol. The molecule has 1 heterocycles. The second-order valence-electron chi connectivity index (χ2n) is 3.72. The predicted octanol–water partition coefficient (Wildman–Crippen LogP) is -0.548. The zero-order valence-corrected chi connectivity index (χ0v) is 9.42. The zero-order chi connectivity index (χ0) is 11.3. The van der Waals surface area contributed by atoms with Crippen LogP contribution in [0.15, 0.2) is 0 Å². The predicted molar refractivity (Wildman–Crippen MR) is 56.1 cm³/mol. The fourth-order valence-electron chi connectivity index (χ4n) is 1.65. The lowest BCUT2D eigenvalue weighted by Gasteiger charge is -2.21. The smallest absolute Gasteiger partial charge is 0.238 e. The van der Waals surface area contributed by atoms with Crippen molar-refractivity contribution in [1.82, 2.24) is 5.32 Å². The van der Waals surface area contributed by atoms with Crippen LogP contribution in [0.25, 0.3) is 0 Å². The van der Waals surface area contributed by atoms with Crippen molar-refractivity contribution in [2.24, 2.45) is 0 Å². The number of amides is 1. The number of carbonyl (C=O) groups is 1. The molecule has 1 fully saturated rings. The first-order chi connectivity index (χ1) is 7.08. The summed E-state index contributed by atoms with van der Waals surface area (Å²) in [5.41, 5.74) is 0. The fourth-order valence-corrected chi connectivity index (χ4v) is 3.48. The van der Waals surface area contributed by atoms with Gasteiger partial charge < -0.3 is 10.4 Å². The van der Waals surface area contributed by atoms with Gasteiger partial charge in [0, 0.05) is 13.2 Å². The van der Waals surface area contributed by atoms with Crippen LogP contribution in [0.5, 0.6) is 0 Å². The van der Waals surface area contributed by atoms with Crippen molar-refractivity contribution in [3.8, 4) is 0 Å². The average Bonchev–Trinajstić information content (AvgIpc) is 2.17. The Labute approximate surface area is 89.8 Å². The molecule has 1 amide bonds. The van der Waals surface area contributed by atoms with E-state index in [1.807, 2.05) is 0 Å². The normalized spacial score (nSPS) is 24.7. The van der Waals surface area contributed by atoms with Gasteiger partial charge in [-0.3, -0.25) is 4.79 Å². The Kier molecular flexibility index (Phi) is 4.53. The SMILES string of the molecule is O=C(NCCCO)C1CCCCS1(=O)=O. The van der Waals surface area contributed by atoms with Crippen molar-refractivity contribution < 1.29 is 18.3 Å². The summed E-state index contributed by atoms with van der Waals surface area (Å²) in [6.45, 7) is 0.332. The Morgan fingerprint density at radius 2 is 2.13 bits per heavy atom. The molecule has 6 heteroatoms. The Bertz CT molecular complexity index is 312. The van der Waals surface area contributed by atoms with Crippen molar-refractivity contribution >= 4 is 15.7 Å². The molecule has 5 nitrogen and oxygen atoms in total. The number of nitrogens with one attached hydrogen (secondary N) is 1. The highest BCUT2D eigenvalue weighted by molar-refractivity contribution is 7.92. The van der Waals surface area contributed by atoms with E-state index in [1.54, 1.807) is 0 Å². The van der Waals surface area contributed by atoms with Crippen LogP contribution >= 0.6 is 0 Å². The molecular formula is C9H17NO4S.